The van der Waals surface area contributed by atoms with Gasteiger partial charge in [0.25, 0.3) is 0 Å². The highest BCUT2D eigenvalue weighted by atomic mass is 79.9. The molecule has 104 valence electrons. The summed E-state index contributed by atoms with van der Waals surface area (Å²) >= 11 is 6.27. The van der Waals surface area contributed by atoms with E-state index in [0.717, 1.165) is 0 Å². The summed E-state index contributed by atoms with van der Waals surface area (Å²) < 4.78 is 0.826. The molecule has 0 fully saturated rings. The molecule has 1 aromatic rings. The van der Waals surface area contributed by atoms with Crippen LogP contribution < -0.4 is 11.1 Å². The van der Waals surface area contributed by atoms with E-state index in [1.165, 1.54) is 12.1 Å². The Balaban J connectivity index is 2.69. The molecule has 0 saturated carbocycles. The fraction of sp³-hybridized carbons (Fsp3) is 0.273. The van der Waals surface area contributed by atoms with Crippen LogP contribution in [0.2, 0.25) is 0 Å². The summed E-state index contributed by atoms with van der Waals surface area (Å²) in [5, 5.41) is 20.6. The highest BCUT2D eigenvalue weighted by Gasteiger charge is 2.16. The maximum absolute atomic E-state index is 11.7. The third-order valence-electron chi connectivity index (χ3n) is 2.29. The van der Waals surface area contributed by atoms with Gasteiger partial charge in [-0.15, -0.1) is 0 Å². The van der Waals surface area contributed by atoms with Gasteiger partial charge in [-0.2, -0.15) is 0 Å². The number of benzene rings is 1. The number of amides is 1. The van der Waals surface area contributed by atoms with Gasteiger partial charge in [0.05, 0.1) is 15.0 Å². The average molecular weight is 396 g/mol. The molecule has 0 bridgehead atoms. The Hall–Kier alpha value is -1.12. The van der Waals surface area contributed by atoms with E-state index in [-0.39, 0.29) is 18.6 Å². The van der Waals surface area contributed by atoms with Crippen molar-refractivity contribution in [3.63, 3.8) is 0 Å². The number of nitrogens with one attached hydrogen (secondary N) is 1. The van der Waals surface area contributed by atoms with Crippen molar-refractivity contribution < 1.29 is 19.8 Å². The zero-order valence-electron chi connectivity index (χ0n) is 9.69. The number of anilines is 1. The first-order valence-electron chi connectivity index (χ1n) is 5.27. The number of carbonyl (C=O) groups is 2. The van der Waals surface area contributed by atoms with E-state index in [2.05, 4.69) is 37.2 Å². The summed E-state index contributed by atoms with van der Waals surface area (Å²) in [6, 6.07) is 2.13. The van der Waals surface area contributed by atoms with Crippen molar-refractivity contribution in [1.82, 2.24) is 0 Å². The zero-order valence-corrected chi connectivity index (χ0v) is 12.9. The molecule has 19 heavy (non-hydrogen) atoms. The molecule has 1 aromatic carbocycles. The third kappa shape index (κ3) is 4.81. The first kappa shape index (κ1) is 15.9. The largest absolute Gasteiger partial charge is 0.506 e. The van der Waals surface area contributed by atoms with Crippen LogP contribution in [-0.4, -0.2) is 28.1 Å². The minimum Gasteiger partial charge on any atom is -0.506 e. The minimum absolute atomic E-state index is 0.0215. The Bertz CT molecular complexity index is 484. The summed E-state index contributed by atoms with van der Waals surface area (Å²) in [6.45, 7) is 0. The first-order chi connectivity index (χ1) is 8.81. The van der Waals surface area contributed by atoms with Crippen LogP contribution in [0.3, 0.4) is 0 Å². The predicted octanol–water partition coefficient (Wildman–Crippen LogP) is 2.05. The molecule has 5 N–H and O–H groups in total. The van der Waals surface area contributed by atoms with E-state index in [0.29, 0.717) is 14.6 Å². The number of carbonyl (C=O) groups excluding carboxylic acids is 1. The van der Waals surface area contributed by atoms with Crippen LogP contribution in [0.1, 0.15) is 12.8 Å². The van der Waals surface area contributed by atoms with Crippen molar-refractivity contribution >= 4 is 49.4 Å². The maximum atomic E-state index is 11.7. The van der Waals surface area contributed by atoms with Crippen LogP contribution in [0.15, 0.2) is 21.1 Å². The molecule has 1 atom stereocenters. The molecule has 0 saturated heterocycles. The second-order valence-electron chi connectivity index (χ2n) is 3.82. The van der Waals surface area contributed by atoms with E-state index in [4.69, 9.17) is 10.8 Å². The van der Waals surface area contributed by atoms with Crippen molar-refractivity contribution in [1.29, 1.82) is 0 Å². The summed E-state index contributed by atoms with van der Waals surface area (Å²) in [7, 11) is 0. The van der Waals surface area contributed by atoms with Crippen LogP contribution in [0.5, 0.6) is 5.75 Å². The number of aliphatic carboxylic acids is 1. The number of phenolic OH excluding ortho intramolecular Hbond substituents is 1. The molecule has 0 radical (unpaired) electrons. The lowest BCUT2D eigenvalue weighted by atomic mass is 10.1. The lowest BCUT2D eigenvalue weighted by Gasteiger charge is -2.12. The number of nitrogens with two attached hydrogens (primary N) is 1. The Morgan fingerprint density at radius 3 is 2.32 bits per heavy atom. The van der Waals surface area contributed by atoms with Crippen molar-refractivity contribution in [3.05, 3.63) is 21.1 Å². The number of carboxylic acid groups (broad SMARTS) is 1. The Morgan fingerprint density at radius 1 is 1.32 bits per heavy atom. The Kier molecular flexibility index (Phi) is 5.77. The number of phenols is 1. The van der Waals surface area contributed by atoms with Crippen molar-refractivity contribution in [2.75, 3.05) is 5.32 Å². The Morgan fingerprint density at radius 2 is 1.84 bits per heavy atom. The van der Waals surface area contributed by atoms with Gasteiger partial charge in [0.2, 0.25) is 5.91 Å². The number of halogens is 2. The van der Waals surface area contributed by atoms with Crippen molar-refractivity contribution in [3.8, 4) is 5.75 Å². The molecule has 0 aliphatic heterocycles. The molecule has 0 spiro atoms. The van der Waals surface area contributed by atoms with Gasteiger partial charge < -0.3 is 21.3 Å². The van der Waals surface area contributed by atoms with E-state index in [1.54, 1.807) is 0 Å². The molecule has 0 aromatic heterocycles. The highest BCUT2D eigenvalue weighted by Crippen LogP contribution is 2.35. The number of rotatable bonds is 5. The normalized spacial score (nSPS) is 11.9. The van der Waals surface area contributed by atoms with Gasteiger partial charge in [0.1, 0.15) is 5.75 Å². The quantitative estimate of drug-likeness (QED) is 0.570. The van der Waals surface area contributed by atoms with Crippen LogP contribution in [0.25, 0.3) is 0 Å². The number of hydrogen-bond acceptors (Lipinski definition) is 4. The van der Waals surface area contributed by atoms with Crippen LogP contribution in [0, 0.1) is 0 Å². The SMILES string of the molecule is NC(CCC(=O)O)C(=O)Nc1cc(Br)c(O)c(Br)c1. The molecule has 6 nitrogen and oxygen atoms in total. The zero-order chi connectivity index (χ0) is 14.6. The lowest BCUT2D eigenvalue weighted by Crippen LogP contribution is -2.36. The molecule has 0 aliphatic carbocycles. The standard InChI is InChI=1S/C11H12Br2N2O4/c12-6-3-5(4-7(13)10(6)18)15-11(19)8(14)1-2-9(16)17/h3-4,8,18H,1-2,14H2,(H,15,19)(H,16,17). The average Bonchev–Trinajstić information content (AvgIpc) is 2.32. The van der Waals surface area contributed by atoms with E-state index in [1.807, 2.05) is 0 Å². The molecule has 1 amide bonds. The molecule has 8 heteroatoms. The molecular formula is C11H12Br2N2O4. The van der Waals surface area contributed by atoms with Gasteiger partial charge in [-0.3, -0.25) is 9.59 Å². The maximum Gasteiger partial charge on any atom is 0.303 e. The second kappa shape index (κ2) is 6.88. The highest BCUT2D eigenvalue weighted by molar-refractivity contribution is 9.11. The predicted molar refractivity (Wildman–Crippen MR) is 77.0 cm³/mol. The smallest absolute Gasteiger partial charge is 0.303 e. The molecule has 0 aliphatic rings. The van der Waals surface area contributed by atoms with Gasteiger partial charge in [-0.05, 0) is 50.4 Å². The minimum atomic E-state index is -1.00. The molecule has 1 unspecified atom stereocenters. The summed E-state index contributed by atoms with van der Waals surface area (Å²) in [6.07, 6.45) is -0.112. The summed E-state index contributed by atoms with van der Waals surface area (Å²) in [5.41, 5.74) is 6.01. The summed E-state index contributed by atoms with van der Waals surface area (Å²) in [4.78, 5) is 22.1. The number of aromatic hydroxyl groups is 1. The number of hydrogen-bond donors (Lipinski definition) is 4. The lowest BCUT2D eigenvalue weighted by molar-refractivity contribution is -0.137. The first-order valence-corrected chi connectivity index (χ1v) is 6.86. The van der Waals surface area contributed by atoms with E-state index < -0.39 is 17.9 Å². The molecular weight excluding hydrogens is 384 g/mol. The van der Waals surface area contributed by atoms with Gasteiger partial charge in [0, 0.05) is 12.1 Å². The molecule has 0 heterocycles. The summed E-state index contributed by atoms with van der Waals surface area (Å²) in [5.74, 6) is -1.46. The fourth-order valence-corrected chi connectivity index (χ4v) is 2.47. The van der Waals surface area contributed by atoms with Crippen LogP contribution in [-0.2, 0) is 9.59 Å². The topological polar surface area (TPSA) is 113 Å². The third-order valence-corrected chi connectivity index (χ3v) is 3.50. The monoisotopic (exact) mass is 394 g/mol. The van der Waals surface area contributed by atoms with Gasteiger partial charge in [0.15, 0.2) is 0 Å². The van der Waals surface area contributed by atoms with Gasteiger partial charge in [-0.1, -0.05) is 0 Å². The van der Waals surface area contributed by atoms with E-state index >= 15 is 0 Å². The van der Waals surface area contributed by atoms with Crippen LogP contribution in [0.4, 0.5) is 5.69 Å². The second-order valence-corrected chi connectivity index (χ2v) is 5.53. The van der Waals surface area contributed by atoms with Gasteiger partial charge in [-0.25, -0.2) is 0 Å². The number of carboxylic acids is 1. The van der Waals surface area contributed by atoms with Crippen LogP contribution >= 0.6 is 31.9 Å². The van der Waals surface area contributed by atoms with E-state index in [9.17, 15) is 14.7 Å². The van der Waals surface area contributed by atoms with Crippen molar-refractivity contribution in [2.45, 2.75) is 18.9 Å². The molecule has 1 rings (SSSR count). The van der Waals surface area contributed by atoms with Crippen molar-refractivity contribution in [2.24, 2.45) is 5.73 Å². The Labute approximate surface area is 126 Å². The van der Waals surface area contributed by atoms with Gasteiger partial charge >= 0.3 is 5.97 Å². The fourth-order valence-electron chi connectivity index (χ4n) is 1.28.